The summed E-state index contributed by atoms with van der Waals surface area (Å²) in [4.78, 5) is 12.5. The Bertz CT molecular complexity index is 481. The van der Waals surface area contributed by atoms with Crippen LogP contribution in [0.3, 0.4) is 0 Å². The van der Waals surface area contributed by atoms with Gasteiger partial charge in [-0.3, -0.25) is 10.1 Å². The summed E-state index contributed by atoms with van der Waals surface area (Å²) in [6, 6.07) is 4.57. The number of nitro benzene ring substituents is 1. The van der Waals surface area contributed by atoms with Gasteiger partial charge in [-0.25, -0.2) is 0 Å². The fourth-order valence-electron chi connectivity index (χ4n) is 2.85. The van der Waals surface area contributed by atoms with E-state index in [0.717, 1.165) is 44.8 Å². The SMILES string of the molecule is CNCCC1CCCCN1c1cccc(F)c1[N+](=O)[O-]. The van der Waals surface area contributed by atoms with Crippen molar-refractivity contribution in [3.05, 3.63) is 34.1 Å². The molecule has 0 bridgehead atoms. The van der Waals surface area contributed by atoms with Crippen LogP contribution >= 0.6 is 0 Å². The Morgan fingerprint density at radius 2 is 2.30 bits per heavy atom. The van der Waals surface area contributed by atoms with Crippen molar-refractivity contribution in [2.24, 2.45) is 0 Å². The Kier molecular flexibility index (Phi) is 4.89. The molecule has 20 heavy (non-hydrogen) atoms. The molecule has 0 radical (unpaired) electrons. The van der Waals surface area contributed by atoms with Crippen molar-refractivity contribution in [1.29, 1.82) is 0 Å². The van der Waals surface area contributed by atoms with E-state index in [2.05, 4.69) is 5.32 Å². The van der Waals surface area contributed by atoms with Crippen LogP contribution in [0.15, 0.2) is 18.2 Å². The van der Waals surface area contributed by atoms with Crippen LogP contribution in [-0.4, -0.2) is 31.1 Å². The van der Waals surface area contributed by atoms with Gasteiger partial charge in [0.25, 0.3) is 0 Å². The summed E-state index contributed by atoms with van der Waals surface area (Å²) in [7, 11) is 1.89. The molecule has 0 amide bonds. The minimum absolute atomic E-state index is 0.233. The fraction of sp³-hybridized carbons (Fsp3) is 0.571. The molecule has 1 aromatic carbocycles. The molecule has 0 aromatic heterocycles. The quantitative estimate of drug-likeness (QED) is 0.666. The molecular weight excluding hydrogens is 261 g/mol. The van der Waals surface area contributed by atoms with Crippen LogP contribution < -0.4 is 10.2 Å². The first kappa shape index (κ1) is 14.7. The zero-order valence-electron chi connectivity index (χ0n) is 11.6. The van der Waals surface area contributed by atoms with Gasteiger partial charge in [0.15, 0.2) is 0 Å². The maximum Gasteiger partial charge on any atom is 0.327 e. The monoisotopic (exact) mass is 281 g/mol. The molecule has 1 aromatic rings. The number of nitrogens with one attached hydrogen (secondary N) is 1. The third-order valence-electron chi connectivity index (χ3n) is 3.81. The summed E-state index contributed by atoms with van der Waals surface area (Å²) in [5, 5.41) is 14.2. The second-order valence-electron chi connectivity index (χ2n) is 5.10. The maximum atomic E-state index is 13.8. The van der Waals surface area contributed by atoms with Crippen molar-refractivity contribution < 1.29 is 9.31 Å². The molecule has 1 N–H and O–H groups in total. The molecule has 1 fully saturated rings. The highest BCUT2D eigenvalue weighted by molar-refractivity contribution is 5.64. The summed E-state index contributed by atoms with van der Waals surface area (Å²) in [5.74, 6) is -0.759. The lowest BCUT2D eigenvalue weighted by atomic mass is 9.98. The molecular formula is C14H20FN3O2. The molecule has 0 spiro atoms. The van der Waals surface area contributed by atoms with Crippen LogP contribution in [0.4, 0.5) is 15.8 Å². The van der Waals surface area contributed by atoms with Crippen molar-refractivity contribution in [2.75, 3.05) is 25.0 Å². The average molecular weight is 281 g/mol. The lowest BCUT2D eigenvalue weighted by Crippen LogP contribution is -2.41. The maximum absolute atomic E-state index is 13.8. The minimum atomic E-state index is -0.759. The highest BCUT2D eigenvalue weighted by atomic mass is 19.1. The van der Waals surface area contributed by atoms with Crippen molar-refractivity contribution in [2.45, 2.75) is 31.7 Å². The van der Waals surface area contributed by atoms with Crippen molar-refractivity contribution in [3.8, 4) is 0 Å². The highest BCUT2D eigenvalue weighted by Gasteiger charge is 2.29. The first-order chi connectivity index (χ1) is 9.65. The lowest BCUT2D eigenvalue weighted by Gasteiger charge is -2.37. The number of nitro groups is 1. The predicted molar refractivity (Wildman–Crippen MR) is 76.6 cm³/mol. The lowest BCUT2D eigenvalue weighted by molar-refractivity contribution is -0.386. The second kappa shape index (κ2) is 6.65. The molecule has 1 aliphatic rings. The number of piperidine rings is 1. The average Bonchev–Trinajstić information content (AvgIpc) is 2.44. The van der Waals surface area contributed by atoms with E-state index in [0.29, 0.717) is 5.69 Å². The number of halogens is 1. The molecule has 5 nitrogen and oxygen atoms in total. The van der Waals surface area contributed by atoms with E-state index in [4.69, 9.17) is 0 Å². The largest absolute Gasteiger partial charge is 0.363 e. The number of rotatable bonds is 5. The Morgan fingerprint density at radius 3 is 3.00 bits per heavy atom. The van der Waals surface area contributed by atoms with E-state index in [-0.39, 0.29) is 6.04 Å². The molecule has 110 valence electrons. The summed E-state index contributed by atoms with van der Waals surface area (Å²) in [6.45, 7) is 1.60. The Balaban J connectivity index is 2.32. The normalized spacial score (nSPS) is 19.1. The molecule has 1 heterocycles. The van der Waals surface area contributed by atoms with Gasteiger partial charge in [-0.1, -0.05) is 6.07 Å². The van der Waals surface area contributed by atoms with Crippen LogP contribution in [0.5, 0.6) is 0 Å². The van der Waals surface area contributed by atoms with Gasteiger partial charge in [-0.05, 0) is 51.4 Å². The van der Waals surface area contributed by atoms with Crippen LogP contribution in [0.25, 0.3) is 0 Å². The smallest absolute Gasteiger partial charge is 0.327 e. The van der Waals surface area contributed by atoms with Gasteiger partial charge in [0, 0.05) is 12.6 Å². The number of benzene rings is 1. The van der Waals surface area contributed by atoms with Gasteiger partial charge in [0.2, 0.25) is 5.82 Å². The molecule has 1 atom stereocenters. The van der Waals surface area contributed by atoms with Gasteiger partial charge in [0.05, 0.1) is 4.92 Å². The number of nitrogens with zero attached hydrogens (tertiary/aromatic N) is 2. The number of hydrogen-bond donors (Lipinski definition) is 1. The number of anilines is 1. The molecule has 1 saturated heterocycles. The first-order valence-corrected chi connectivity index (χ1v) is 6.99. The summed E-state index contributed by atoms with van der Waals surface area (Å²) in [6.07, 6.45) is 4.01. The van der Waals surface area contributed by atoms with E-state index >= 15 is 0 Å². The van der Waals surface area contributed by atoms with Crippen LogP contribution in [0, 0.1) is 15.9 Å². The summed E-state index contributed by atoms with van der Waals surface area (Å²) in [5.41, 5.74) is 0.0136. The standard InChI is InChI=1S/C14H20FN3O2/c1-16-9-8-11-5-2-3-10-17(11)13-7-4-6-12(15)14(13)18(19)20/h4,6-7,11,16H,2-3,5,8-10H2,1H3. The third-order valence-corrected chi connectivity index (χ3v) is 3.81. The Morgan fingerprint density at radius 1 is 1.50 bits per heavy atom. The zero-order valence-corrected chi connectivity index (χ0v) is 11.6. The topological polar surface area (TPSA) is 58.4 Å². The van der Waals surface area contributed by atoms with Gasteiger partial charge < -0.3 is 10.2 Å². The van der Waals surface area contributed by atoms with Gasteiger partial charge >= 0.3 is 5.69 Å². The predicted octanol–water partition coefficient (Wildman–Crippen LogP) is 2.70. The third kappa shape index (κ3) is 3.07. The summed E-state index contributed by atoms with van der Waals surface area (Å²) >= 11 is 0. The molecule has 2 rings (SSSR count). The molecule has 6 heteroatoms. The Hall–Kier alpha value is -1.69. The van der Waals surface area contributed by atoms with Crippen molar-refractivity contribution in [3.63, 3.8) is 0 Å². The molecule has 1 unspecified atom stereocenters. The van der Waals surface area contributed by atoms with E-state index in [9.17, 15) is 14.5 Å². The fourth-order valence-corrected chi connectivity index (χ4v) is 2.85. The van der Waals surface area contributed by atoms with Gasteiger partial charge in [-0.15, -0.1) is 0 Å². The molecule has 0 saturated carbocycles. The van der Waals surface area contributed by atoms with Gasteiger partial charge in [0.1, 0.15) is 5.69 Å². The zero-order chi connectivity index (χ0) is 14.5. The van der Waals surface area contributed by atoms with Gasteiger partial charge in [-0.2, -0.15) is 4.39 Å². The number of para-hydroxylation sites is 1. The first-order valence-electron chi connectivity index (χ1n) is 6.99. The van der Waals surface area contributed by atoms with E-state index in [1.165, 1.54) is 0 Å². The van der Waals surface area contributed by atoms with E-state index in [1.807, 2.05) is 11.9 Å². The highest BCUT2D eigenvalue weighted by Crippen LogP contribution is 2.35. The molecule has 1 aliphatic heterocycles. The van der Waals surface area contributed by atoms with Crippen molar-refractivity contribution in [1.82, 2.24) is 5.32 Å². The minimum Gasteiger partial charge on any atom is -0.363 e. The van der Waals surface area contributed by atoms with Crippen LogP contribution in [0.1, 0.15) is 25.7 Å². The second-order valence-corrected chi connectivity index (χ2v) is 5.10. The van der Waals surface area contributed by atoms with E-state index in [1.54, 1.807) is 12.1 Å². The van der Waals surface area contributed by atoms with E-state index < -0.39 is 16.4 Å². The van der Waals surface area contributed by atoms with Crippen LogP contribution in [0.2, 0.25) is 0 Å². The van der Waals surface area contributed by atoms with Crippen LogP contribution in [-0.2, 0) is 0 Å². The van der Waals surface area contributed by atoms with Crippen molar-refractivity contribution >= 4 is 11.4 Å². The molecule has 0 aliphatic carbocycles. The Labute approximate surface area is 117 Å². The summed E-state index contributed by atoms with van der Waals surface area (Å²) < 4.78 is 13.8. The number of hydrogen-bond acceptors (Lipinski definition) is 4.